The number of hydrogen-bond acceptors (Lipinski definition) is 5. The second kappa shape index (κ2) is 16.6. The van der Waals surface area contributed by atoms with Crippen molar-refractivity contribution in [2.24, 2.45) is 5.92 Å². The minimum atomic E-state index is -0.473. The molecule has 0 saturated heterocycles. The van der Waals surface area contributed by atoms with Crippen LogP contribution in [0, 0.1) is 5.92 Å². The summed E-state index contributed by atoms with van der Waals surface area (Å²) in [7, 11) is 0. The molecule has 0 rings (SSSR count). The first kappa shape index (κ1) is 21.3. The molecule has 1 unspecified atom stereocenters. The molecular formula is C16H31FO5. The zero-order chi connectivity index (χ0) is 16.5. The topological polar surface area (TPSA) is 54.0 Å². The van der Waals surface area contributed by atoms with Crippen LogP contribution >= 0.6 is 0 Å². The Morgan fingerprint density at radius 2 is 1.45 bits per heavy atom. The van der Waals surface area contributed by atoms with E-state index in [1.165, 1.54) is 0 Å². The van der Waals surface area contributed by atoms with E-state index in [-0.39, 0.29) is 25.1 Å². The van der Waals surface area contributed by atoms with Crippen LogP contribution in [-0.2, 0) is 23.7 Å². The highest BCUT2D eigenvalue weighted by atomic mass is 19.1. The minimum Gasteiger partial charge on any atom is -0.463 e. The number of esters is 1. The minimum absolute atomic E-state index is 0.00704. The van der Waals surface area contributed by atoms with Crippen LogP contribution in [0.15, 0.2) is 0 Å². The summed E-state index contributed by atoms with van der Waals surface area (Å²) >= 11 is 0. The van der Waals surface area contributed by atoms with Gasteiger partial charge in [-0.15, -0.1) is 0 Å². The molecule has 0 fully saturated rings. The first-order valence-electron chi connectivity index (χ1n) is 8.22. The van der Waals surface area contributed by atoms with Crippen LogP contribution in [0.25, 0.3) is 0 Å². The zero-order valence-electron chi connectivity index (χ0n) is 14.0. The van der Waals surface area contributed by atoms with Crippen molar-refractivity contribution in [3.05, 3.63) is 0 Å². The van der Waals surface area contributed by atoms with Gasteiger partial charge in [0.25, 0.3) is 0 Å². The summed E-state index contributed by atoms with van der Waals surface area (Å²) in [6.07, 6.45) is 3.85. The number of carbonyl (C=O) groups is 1. The van der Waals surface area contributed by atoms with Crippen molar-refractivity contribution >= 4 is 5.97 Å². The molecule has 6 heteroatoms. The number of hydrogen-bond donors (Lipinski definition) is 0. The predicted molar refractivity (Wildman–Crippen MR) is 82.7 cm³/mol. The molecule has 0 bridgehead atoms. The van der Waals surface area contributed by atoms with Gasteiger partial charge >= 0.3 is 5.97 Å². The molecule has 0 spiro atoms. The molecule has 132 valence electrons. The fourth-order valence-corrected chi connectivity index (χ4v) is 1.85. The van der Waals surface area contributed by atoms with Crippen LogP contribution < -0.4 is 0 Å². The first-order chi connectivity index (χ1) is 10.8. The predicted octanol–water partition coefficient (Wildman–Crippen LogP) is 2.77. The molecule has 0 aromatic heterocycles. The van der Waals surface area contributed by atoms with Gasteiger partial charge in [-0.2, -0.15) is 0 Å². The summed E-state index contributed by atoms with van der Waals surface area (Å²) in [6, 6.07) is 0. The monoisotopic (exact) mass is 322 g/mol. The fraction of sp³-hybridized carbons (Fsp3) is 0.938. The van der Waals surface area contributed by atoms with Crippen molar-refractivity contribution < 1.29 is 28.1 Å². The van der Waals surface area contributed by atoms with E-state index in [9.17, 15) is 9.18 Å². The van der Waals surface area contributed by atoms with Crippen molar-refractivity contribution in [1.82, 2.24) is 0 Å². The van der Waals surface area contributed by atoms with Crippen LogP contribution in [-0.4, -0.2) is 58.9 Å². The maximum absolute atomic E-state index is 11.8. The van der Waals surface area contributed by atoms with Crippen LogP contribution in [0.5, 0.6) is 0 Å². The zero-order valence-corrected chi connectivity index (χ0v) is 14.0. The molecule has 0 aromatic carbocycles. The number of unbranched alkanes of at least 4 members (excludes halogenated alkanes) is 1. The second-order valence-electron chi connectivity index (χ2n) is 4.94. The number of alkyl halides is 1. The molecule has 0 aliphatic rings. The van der Waals surface area contributed by atoms with E-state index in [1.807, 2.05) is 6.92 Å². The lowest BCUT2D eigenvalue weighted by Gasteiger charge is -2.13. The van der Waals surface area contributed by atoms with Crippen molar-refractivity contribution in [2.45, 2.75) is 39.5 Å². The third kappa shape index (κ3) is 13.0. The smallest absolute Gasteiger partial charge is 0.308 e. The molecule has 0 radical (unpaired) electrons. The molecule has 0 amide bonds. The highest BCUT2D eigenvalue weighted by Crippen LogP contribution is 2.14. The van der Waals surface area contributed by atoms with Gasteiger partial charge in [-0.25, -0.2) is 4.39 Å². The molecule has 0 aliphatic heterocycles. The average Bonchev–Trinajstić information content (AvgIpc) is 2.53. The quantitative estimate of drug-likeness (QED) is 0.323. The summed E-state index contributed by atoms with van der Waals surface area (Å²) in [6.45, 7) is 6.11. The Labute approximate surface area is 133 Å². The number of halogens is 1. The van der Waals surface area contributed by atoms with Gasteiger partial charge in [-0.05, 0) is 12.8 Å². The number of rotatable bonds is 16. The van der Waals surface area contributed by atoms with Gasteiger partial charge in [0.2, 0.25) is 0 Å². The molecule has 5 nitrogen and oxygen atoms in total. The fourth-order valence-electron chi connectivity index (χ4n) is 1.85. The Kier molecular flexibility index (Phi) is 16.1. The summed E-state index contributed by atoms with van der Waals surface area (Å²) < 4.78 is 32.4. The SMILES string of the molecule is CCCCC(CC)C(=O)OCCOCCOCCOCCF. The third-order valence-electron chi connectivity index (χ3n) is 3.17. The van der Waals surface area contributed by atoms with E-state index >= 15 is 0 Å². The van der Waals surface area contributed by atoms with Gasteiger partial charge in [-0.1, -0.05) is 26.7 Å². The van der Waals surface area contributed by atoms with Gasteiger partial charge in [0.15, 0.2) is 0 Å². The lowest BCUT2D eigenvalue weighted by molar-refractivity contribution is -0.150. The maximum Gasteiger partial charge on any atom is 0.308 e. The lowest BCUT2D eigenvalue weighted by Crippen LogP contribution is -2.20. The van der Waals surface area contributed by atoms with Crippen LogP contribution in [0.3, 0.4) is 0 Å². The highest BCUT2D eigenvalue weighted by molar-refractivity contribution is 5.72. The van der Waals surface area contributed by atoms with E-state index in [0.29, 0.717) is 33.0 Å². The van der Waals surface area contributed by atoms with E-state index in [2.05, 4.69) is 6.92 Å². The molecule has 0 aromatic rings. The standard InChI is InChI=1S/C16H31FO5/c1-3-5-6-15(4-2)16(18)22-14-13-21-12-11-20-10-9-19-8-7-17/h15H,3-14H2,1-2H3. The highest BCUT2D eigenvalue weighted by Gasteiger charge is 2.16. The lowest BCUT2D eigenvalue weighted by atomic mass is 10.00. The average molecular weight is 322 g/mol. The Morgan fingerprint density at radius 1 is 0.909 bits per heavy atom. The summed E-state index contributed by atoms with van der Waals surface area (Å²) in [4.78, 5) is 11.8. The maximum atomic E-state index is 11.8. The van der Waals surface area contributed by atoms with Crippen LogP contribution in [0.4, 0.5) is 4.39 Å². The van der Waals surface area contributed by atoms with Gasteiger partial charge in [-0.3, -0.25) is 4.79 Å². The van der Waals surface area contributed by atoms with Crippen molar-refractivity contribution in [3.8, 4) is 0 Å². The third-order valence-corrected chi connectivity index (χ3v) is 3.17. The first-order valence-corrected chi connectivity index (χ1v) is 8.22. The van der Waals surface area contributed by atoms with Crippen molar-refractivity contribution in [1.29, 1.82) is 0 Å². The van der Waals surface area contributed by atoms with Crippen LogP contribution in [0.1, 0.15) is 39.5 Å². The van der Waals surface area contributed by atoms with Crippen molar-refractivity contribution in [2.75, 3.05) is 52.9 Å². The number of ether oxygens (including phenoxy) is 4. The van der Waals surface area contributed by atoms with E-state index in [1.54, 1.807) is 0 Å². The van der Waals surface area contributed by atoms with Gasteiger partial charge in [0.05, 0.1) is 45.6 Å². The van der Waals surface area contributed by atoms with Gasteiger partial charge in [0.1, 0.15) is 13.3 Å². The molecule has 0 aliphatic carbocycles. The van der Waals surface area contributed by atoms with Gasteiger partial charge in [0, 0.05) is 0 Å². The summed E-state index contributed by atoms with van der Waals surface area (Å²) in [5, 5.41) is 0. The molecule has 0 N–H and O–H groups in total. The van der Waals surface area contributed by atoms with E-state index in [0.717, 1.165) is 25.7 Å². The van der Waals surface area contributed by atoms with E-state index in [4.69, 9.17) is 18.9 Å². The molecule has 1 atom stereocenters. The Hall–Kier alpha value is -0.720. The molecule has 22 heavy (non-hydrogen) atoms. The molecular weight excluding hydrogens is 291 g/mol. The summed E-state index contributed by atoms with van der Waals surface area (Å²) in [5.74, 6) is -0.117. The van der Waals surface area contributed by atoms with E-state index < -0.39 is 6.67 Å². The Bertz CT molecular complexity index is 251. The Balaban J connectivity index is 3.35. The number of carbonyl (C=O) groups excluding carboxylic acids is 1. The second-order valence-corrected chi connectivity index (χ2v) is 4.94. The molecule has 0 saturated carbocycles. The van der Waals surface area contributed by atoms with Crippen molar-refractivity contribution in [3.63, 3.8) is 0 Å². The normalized spacial score (nSPS) is 12.3. The largest absolute Gasteiger partial charge is 0.463 e. The molecule has 0 heterocycles. The summed E-state index contributed by atoms with van der Waals surface area (Å²) in [5.41, 5.74) is 0. The van der Waals surface area contributed by atoms with Gasteiger partial charge < -0.3 is 18.9 Å². The Morgan fingerprint density at radius 3 is 1.95 bits per heavy atom. The van der Waals surface area contributed by atoms with Crippen LogP contribution in [0.2, 0.25) is 0 Å².